The summed E-state index contributed by atoms with van der Waals surface area (Å²) < 4.78 is 0. The average molecular weight is 144 g/mol. The fraction of sp³-hybridized carbons (Fsp3) is 0.857. The van der Waals surface area contributed by atoms with E-state index in [9.17, 15) is 4.79 Å². The summed E-state index contributed by atoms with van der Waals surface area (Å²) in [4.78, 5) is 10.5. The Morgan fingerprint density at radius 1 is 1.70 bits per heavy atom. The molecule has 0 aliphatic carbocycles. The van der Waals surface area contributed by atoms with Crippen molar-refractivity contribution < 1.29 is 4.79 Å². The highest BCUT2D eigenvalue weighted by Gasteiger charge is 2.05. The minimum Gasteiger partial charge on any atom is -0.369 e. The molecular weight excluding hydrogens is 128 g/mol. The van der Waals surface area contributed by atoms with Gasteiger partial charge in [-0.1, -0.05) is 13.8 Å². The molecule has 0 radical (unpaired) electrons. The van der Waals surface area contributed by atoms with E-state index in [-0.39, 0.29) is 11.8 Å². The van der Waals surface area contributed by atoms with Gasteiger partial charge in [-0.15, -0.1) is 0 Å². The smallest absolute Gasteiger partial charge is 0.221 e. The molecule has 0 rings (SSSR count). The van der Waals surface area contributed by atoms with Crippen molar-refractivity contribution in [3.8, 4) is 0 Å². The van der Waals surface area contributed by atoms with Gasteiger partial charge in [-0.3, -0.25) is 4.79 Å². The Kier molecular flexibility index (Phi) is 4.94. The zero-order valence-corrected chi connectivity index (χ0v) is 6.68. The van der Waals surface area contributed by atoms with Gasteiger partial charge < -0.3 is 11.1 Å². The predicted octanol–water partition coefficient (Wildman–Crippen LogP) is 0.107. The van der Waals surface area contributed by atoms with Crippen LogP contribution in [-0.2, 0) is 4.79 Å². The third-order valence-electron chi connectivity index (χ3n) is 1.36. The molecule has 60 valence electrons. The first kappa shape index (κ1) is 9.43. The molecule has 0 aromatic carbocycles. The number of amides is 1. The summed E-state index contributed by atoms with van der Waals surface area (Å²) in [6.45, 7) is 5.56. The van der Waals surface area contributed by atoms with Crippen LogP contribution >= 0.6 is 0 Å². The lowest BCUT2D eigenvalue weighted by Gasteiger charge is -2.06. The van der Waals surface area contributed by atoms with Gasteiger partial charge in [-0.05, 0) is 13.0 Å². The van der Waals surface area contributed by atoms with Crippen LogP contribution < -0.4 is 11.1 Å². The van der Waals surface area contributed by atoms with E-state index in [4.69, 9.17) is 5.73 Å². The largest absolute Gasteiger partial charge is 0.369 e. The minimum absolute atomic E-state index is 0.0495. The molecule has 1 amide bonds. The summed E-state index contributed by atoms with van der Waals surface area (Å²) in [5, 5.41) is 3.12. The van der Waals surface area contributed by atoms with Crippen LogP contribution in [0.15, 0.2) is 0 Å². The number of primary amides is 1. The number of hydrogen-bond donors (Lipinski definition) is 2. The van der Waals surface area contributed by atoms with E-state index in [2.05, 4.69) is 12.2 Å². The molecule has 3 heteroatoms. The molecule has 10 heavy (non-hydrogen) atoms. The van der Waals surface area contributed by atoms with Crippen LogP contribution in [0, 0.1) is 5.92 Å². The summed E-state index contributed by atoms with van der Waals surface area (Å²) in [6, 6.07) is 0. The Balaban J connectivity index is 3.21. The first-order chi connectivity index (χ1) is 4.68. The summed E-state index contributed by atoms with van der Waals surface area (Å²) >= 11 is 0. The lowest BCUT2D eigenvalue weighted by Crippen LogP contribution is -2.31. The third kappa shape index (κ3) is 4.32. The van der Waals surface area contributed by atoms with Gasteiger partial charge >= 0.3 is 0 Å². The molecule has 0 aromatic heterocycles. The number of carbonyl (C=O) groups excluding carboxylic acids is 1. The second-order valence-electron chi connectivity index (χ2n) is 2.51. The maximum absolute atomic E-state index is 10.5. The van der Waals surface area contributed by atoms with Crippen LogP contribution in [0.5, 0.6) is 0 Å². The Bertz CT molecular complexity index is 104. The molecule has 0 bridgehead atoms. The topological polar surface area (TPSA) is 55.1 Å². The first-order valence-electron chi connectivity index (χ1n) is 3.68. The minimum atomic E-state index is -0.233. The second kappa shape index (κ2) is 5.23. The van der Waals surface area contributed by atoms with Crippen molar-refractivity contribution in [1.29, 1.82) is 0 Å². The molecule has 0 saturated carbocycles. The number of nitrogens with one attached hydrogen (secondary N) is 1. The van der Waals surface area contributed by atoms with Crippen LogP contribution in [0.3, 0.4) is 0 Å². The van der Waals surface area contributed by atoms with E-state index in [1.54, 1.807) is 0 Å². The van der Waals surface area contributed by atoms with Crippen LogP contribution in [0.4, 0.5) is 0 Å². The molecule has 0 heterocycles. The van der Waals surface area contributed by atoms with E-state index in [1.807, 2.05) is 6.92 Å². The third-order valence-corrected chi connectivity index (χ3v) is 1.36. The fourth-order valence-corrected chi connectivity index (χ4v) is 0.596. The maximum atomic E-state index is 10.5. The van der Waals surface area contributed by atoms with Crippen molar-refractivity contribution in [1.82, 2.24) is 5.32 Å². The van der Waals surface area contributed by atoms with Crippen LogP contribution in [-0.4, -0.2) is 19.0 Å². The molecule has 0 saturated heterocycles. The summed E-state index contributed by atoms with van der Waals surface area (Å²) in [7, 11) is 0. The molecule has 1 atom stereocenters. The van der Waals surface area contributed by atoms with Crippen molar-refractivity contribution >= 4 is 5.91 Å². The molecule has 3 N–H and O–H groups in total. The van der Waals surface area contributed by atoms with Gasteiger partial charge in [0.05, 0.1) is 0 Å². The van der Waals surface area contributed by atoms with Gasteiger partial charge in [0, 0.05) is 12.5 Å². The number of hydrogen-bond acceptors (Lipinski definition) is 2. The van der Waals surface area contributed by atoms with E-state index in [1.165, 1.54) is 0 Å². The molecule has 1 unspecified atom stereocenters. The van der Waals surface area contributed by atoms with Crippen molar-refractivity contribution in [3.05, 3.63) is 0 Å². The van der Waals surface area contributed by atoms with Gasteiger partial charge in [0.15, 0.2) is 0 Å². The second-order valence-corrected chi connectivity index (χ2v) is 2.51. The normalized spacial score (nSPS) is 13.0. The lowest BCUT2D eigenvalue weighted by molar-refractivity contribution is -0.121. The van der Waals surface area contributed by atoms with Crippen LogP contribution in [0.25, 0.3) is 0 Å². The lowest BCUT2D eigenvalue weighted by atomic mass is 10.2. The zero-order chi connectivity index (χ0) is 7.98. The molecular formula is C7H16N2O. The first-order valence-corrected chi connectivity index (χ1v) is 3.68. The van der Waals surface area contributed by atoms with Crippen molar-refractivity contribution in [3.63, 3.8) is 0 Å². The van der Waals surface area contributed by atoms with Gasteiger partial charge in [-0.25, -0.2) is 0 Å². The predicted molar refractivity (Wildman–Crippen MR) is 41.5 cm³/mol. The Morgan fingerprint density at radius 2 is 2.30 bits per heavy atom. The molecule has 0 aliphatic heterocycles. The van der Waals surface area contributed by atoms with Gasteiger partial charge in [0.25, 0.3) is 0 Å². The van der Waals surface area contributed by atoms with Crippen molar-refractivity contribution in [2.24, 2.45) is 11.7 Å². The highest BCUT2D eigenvalue weighted by molar-refractivity contribution is 5.76. The van der Waals surface area contributed by atoms with E-state index in [0.717, 1.165) is 13.0 Å². The zero-order valence-electron chi connectivity index (χ0n) is 6.68. The number of carbonyl (C=O) groups is 1. The Hall–Kier alpha value is -0.570. The summed E-state index contributed by atoms with van der Waals surface area (Å²) in [5.74, 6) is -0.282. The van der Waals surface area contributed by atoms with E-state index in [0.29, 0.717) is 6.54 Å². The van der Waals surface area contributed by atoms with E-state index >= 15 is 0 Å². The summed E-state index contributed by atoms with van der Waals surface area (Å²) in [6.07, 6.45) is 1.09. The van der Waals surface area contributed by atoms with Crippen molar-refractivity contribution in [2.45, 2.75) is 20.3 Å². The van der Waals surface area contributed by atoms with Gasteiger partial charge in [0.2, 0.25) is 5.91 Å². The van der Waals surface area contributed by atoms with Gasteiger partial charge in [-0.2, -0.15) is 0 Å². The number of nitrogens with two attached hydrogens (primary N) is 1. The monoisotopic (exact) mass is 144 g/mol. The molecule has 0 fully saturated rings. The standard InChI is InChI=1S/C7H16N2O/c1-3-4-9-5-6(2)7(8)10/h6,9H,3-5H2,1-2H3,(H2,8,10). The maximum Gasteiger partial charge on any atom is 0.221 e. The average Bonchev–Trinajstić information content (AvgIpc) is 1.88. The van der Waals surface area contributed by atoms with Gasteiger partial charge in [0.1, 0.15) is 0 Å². The van der Waals surface area contributed by atoms with Crippen molar-refractivity contribution in [2.75, 3.05) is 13.1 Å². The molecule has 0 aliphatic rings. The number of rotatable bonds is 5. The van der Waals surface area contributed by atoms with Crippen LogP contribution in [0.2, 0.25) is 0 Å². The molecule has 3 nitrogen and oxygen atoms in total. The Morgan fingerprint density at radius 3 is 2.70 bits per heavy atom. The fourth-order valence-electron chi connectivity index (χ4n) is 0.596. The summed E-state index contributed by atoms with van der Waals surface area (Å²) in [5.41, 5.74) is 5.04. The highest BCUT2D eigenvalue weighted by atomic mass is 16.1. The Labute approximate surface area is 62.0 Å². The van der Waals surface area contributed by atoms with Crippen LogP contribution in [0.1, 0.15) is 20.3 Å². The quantitative estimate of drug-likeness (QED) is 0.538. The van der Waals surface area contributed by atoms with E-state index < -0.39 is 0 Å². The SMILES string of the molecule is CCCNCC(C)C(N)=O. The highest BCUT2D eigenvalue weighted by Crippen LogP contribution is 1.88. The molecule has 0 spiro atoms. The molecule has 0 aromatic rings.